The highest BCUT2D eigenvalue weighted by molar-refractivity contribution is 7.65. The smallest absolute Gasteiger partial charge is 0.303 e. The van der Waals surface area contributed by atoms with Crippen molar-refractivity contribution in [3.63, 3.8) is 0 Å². The highest BCUT2D eigenvalue weighted by Crippen LogP contribution is 2.35. The Morgan fingerprint density at radius 2 is 1.44 bits per heavy atom. The highest BCUT2D eigenvalue weighted by Gasteiger charge is 2.14. The van der Waals surface area contributed by atoms with Crippen LogP contribution >= 0.6 is 7.92 Å². The largest absolute Gasteiger partial charge is 0.481 e. The minimum atomic E-state index is -0.829. The zero-order valence-electron chi connectivity index (χ0n) is 10.3. The van der Waals surface area contributed by atoms with Crippen LogP contribution in [0.2, 0.25) is 0 Å². The van der Waals surface area contributed by atoms with E-state index in [1.165, 1.54) is 0 Å². The average Bonchev–Trinajstić information content (AvgIpc) is 2.30. The summed E-state index contributed by atoms with van der Waals surface area (Å²) in [6.07, 6.45) is 1.28. The van der Waals surface area contributed by atoms with E-state index in [2.05, 4.69) is 0 Å². The molecule has 18 heavy (non-hydrogen) atoms. The van der Waals surface area contributed by atoms with E-state index in [4.69, 9.17) is 10.2 Å². The maximum Gasteiger partial charge on any atom is 0.303 e. The van der Waals surface area contributed by atoms with E-state index in [9.17, 15) is 9.59 Å². The second-order valence-corrected chi connectivity index (χ2v) is 6.60. The van der Waals surface area contributed by atoms with Crippen molar-refractivity contribution >= 4 is 25.2 Å². The predicted molar refractivity (Wildman–Crippen MR) is 72.0 cm³/mol. The molecule has 1 aromatic carbocycles. The van der Waals surface area contributed by atoms with Crippen LogP contribution in [0.25, 0.3) is 0 Å². The van der Waals surface area contributed by atoms with Crippen molar-refractivity contribution in [2.24, 2.45) is 0 Å². The lowest BCUT2D eigenvalue weighted by atomic mass is 10.2. The number of carbonyl (C=O) groups is 2. The summed E-state index contributed by atoms with van der Waals surface area (Å²) in [4.78, 5) is 21.2. The van der Waals surface area contributed by atoms with Gasteiger partial charge in [0.05, 0.1) is 0 Å². The van der Waals surface area contributed by atoms with Crippen LogP contribution in [-0.2, 0) is 9.59 Å². The van der Waals surface area contributed by atoms with E-state index in [1.54, 1.807) is 0 Å². The van der Waals surface area contributed by atoms with Gasteiger partial charge in [0.25, 0.3) is 0 Å². The van der Waals surface area contributed by atoms with Crippen molar-refractivity contribution in [2.75, 3.05) is 12.3 Å². The number of aryl methyl sites for hydroxylation is 1. The molecule has 0 unspecified atom stereocenters. The van der Waals surface area contributed by atoms with Gasteiger partial charge in [-0.15, -0.1) is 0 Å². The molecule has 98 valence electrons. The Morgan fingerprint density at radius 3 is 1.83 bits per heavy atom. The molecule has 0 aliphatic heterocycles. The molecule has 2 N–H and O–H groups in total. The quantitative estimate of drug-likeness (QED) is 0.742. The molecule has 0 aliphatic rings. The van der Waals surface area contributed by atoms with E-state index in [0.29, 0.717) is 12.3 Å². The summed E-state index contributed by atoms with van der Waals surface area (Å²) in [5.74, 6) is -1.66. The topological polar surface area (TPSA) is 74.6 Å². The van der Waals surface area contributed by atoms with Gasteiger partial charge < -0.3 is 10.2 Å². The molecule has 0 radical (unpaired) electrons. The van der Waals surface area contributed by atoms with Crippen molar-refractivity contribution in [3.8, 4) is 0 Å². The number of carboxylic acid groups (broad SMARTS) is 2. The fraction of sp³-hybridized carbons (Fsp3) is 0.385. The summed E-state index contributed by atoms with van der Waals surface area (Å²) in [6, 6.07) is 7.91. The maximum atomic E-state index is 10.6. The van der Waals surface area contributed by atoms with Gasteiger partial charge in [0.2, 0.25) is 0 Å². The fourth-order valence-electron chi connectivity index (χ4n) is 1.59. The van der Waals surface area contributed by atoms with Crippen LogP contribution in [0, 0.1) is 6.92 Å². The molecule has 0 atom stereocenters. The van der Waals surface area contributed by atoms with Crippen LogP contribution in [0.15, 0.2) is 24.3 Å². The molecule has 0 fully saturated rings. The van der Waals surface area contributed by atoms with Gasteiger partial charge in [-0.05, 0) is 24.6 Å². The van der Waals surface area contributed by atoms with Gasteiger partial charge >= 0.3 is 11.9 Å². The molecule has 0 aromatic heterocycles. The second kappa shape index (κ2) is 7.12. The summed E-state index contributed by atoms with van der Waals surface area (Å²) in [7, 11) is -0.695. The number of aliphatic carboxylic acids is 2. The van der Waals surface area contributed by atoms with Crippen molar-refractivity contribution in [3.05, 3.63) is 29.8 Å². The van der Waals surface area contributed by atoms with Gasteiger partial charge in [-0.2, -0.15) is 0 Å². The molecule has 0 saturated carbocycles. The van der Waals surface area contributed by atoms with Gasteiger partial charge in [0.1, 0.15) is 0 Å². The van der Waals surface area contributed by atoms with Crippen molar-refractivity contribution in [1.82, 2.24) is 0 Å². The Balaban J connectivity index is 2.71. The molecule has 0 bridgehead atoms. The SMILES string of the molecule is Cc1ccc(P(CCC(=O)O)CCC(=O)O)cc1. The molecule has 0 spiro atoms. The minimum absolute atomic E-state index is 0.0964. The van der Waals surface area contributed by atoms with Crippen LogP contribution in [0.3, 0.4) is 0 Å². The molecule has 1 rings (SSSR count). The number of benzene rings is 1. The third-order valence-electron chi connectivity index (χ3n) is 2.59. The molecule has 4 nitrogen and oxygen atoms in total. The first-order valence-electron chi connectivity index (χ1n) is 5.74. The molecule has 0 aliphatic carbocycles. The summed E-state index contributed by atoms with van der Waals surface area (Å²) in [5, 5.41) is 18.5. The number of carboxylic acids is 2. The molecule has 0 heterocycles. The van der Waals surface area contributed by atoms with E-state index in [1.807, 2.05) is 31.2 Å². The monoisotopic (exact) mass is 268 g/mol. The van der Waals surface area contributed by atoms with Crippen molar-refractivity contribution < 1.29 is 19.8 Å². The Hall–Kier alpha value is -1.41. The fourth-order valence-corrected chi connectivity index (χ4v) is 3.82. The number of rotatable bonds is 7. The lowest BCUT2D eigenvalue weighted by Crippen LogP contribution is -2.11. The van der Waals surface area contributed by atoms with E-state index >= 15 is 0 Å². The standard InChI is InChI=1S/C13H17O4P/c1-10-2-4-11(5-3-10)18(8-6-12(14)15)9-7-13(16)17/h2-5H,6-9H2,1H3,(H,14,15)(H,16,17). The Labute approximate surface area is 107 Å². The molecule has 0 saturated heterocycles. The van der Waals surface area contributed by atoms with Gasteiger partial charge in [0.15, 0.2) is 0 Å². The van der Waals surface area contributed by atoms with Crippen molar-refractivity contribution in [2.45, 2.75) is 19.8 Å². The molecule has 1 aromatic rings. The maximum absolute atomic E-state index is 10.6. The van der Waals surface area contributed by atoms with Gasteiger partial charge in [-0.25, -0.2) is 0 Å². The first-order valence-corrected chi connectivity index (χ1v) is 7.45. The first-order chi connectivity index (χ1) is 8.49. The summed E-state index contributed by atoms with van der Waals surface area (Å²) < 4.78 is 0. The van der Waals surface area contributed by atoms with Gasteiger partial charge in [-0.3, -0.25) is 9.59 Å². The van der Waals surface area contributed by atoms with E-state index in [0.717, 1.165) is 10.9 Å². The van der Waals surface area contributed by atoms with Crippen LogP contribution in [0.1, 0.15) is 18.4 Å². The average molecular weight is 268 g/mol. The summed E-state index contributed by atoms with van der Waals surface area (Å²) >= 11 is 0. The van der Waals surface area contributed by atoms with Crippen LogP contribution in [0.5, 0.6) is 0 Å². The zero-order chi connectivity index (χ0) is 13.5. The Kier molecular flexibility index (Phi) is 5.79. The molecule has 0 amide bonds. The van der Waals surface area contributed by atoms with Crippen LogP contribution < -0.4 is 5.30 Å². The zero-order valence-corrected chi connectivity index (χ0v) is 11.2. The van der Waals surface area contributed by atoms with E-state index in [-0.39, 0.29) is 12.8 Å². The Morgan fingerprint density at radius 1 is 1.00 bits per heavy atom. The lowest BCUT2D eigenvalue weighted by Gasteiger charge is -2.16. The van der Waals surface area contributed by atoms with Crippen LogP contribution in [0.4, 0.5) is 0 Å². The van der Waals surface area contributed by atoms with Gasteiger partial charge in [-0.1, -0.05) is 37.8 Å². The first kappa shape index (κ1) is 14.7. The summed E-state index contributed by atoms with van der Waals surface area (Å²) in [6.45, 7) is 1.99. The predicted octanol–water partition coefficient (Wildman–Crippen LogP) is 2.05. The Bertz CT molecular complexity index is 396. The normalized spacial score (nSPS) is 10.6. The van der Waals surface area contributed by atoms with Gasteiger partial charge in [0, 0.05) is 12.8 Å². The molecular weight excluding hydrogens is 251 g/mol. The second-order valence-electron chi connectivity index (χ2n) is 4.11. The van der Waals surface area contributed by atoms with Crippen molar-refractivity contribution in [1.29, 1.82) is 0 Å². The number of hydrogen-bond donors (Lipinski definition) is 2. The highest BCUT2D eigenvalue weighted by atomic mass is 31.1. The van der Waals surface area contributed by atoms with E-state index < -0.39 is 19.9 Å². The van der Waals surface area contributed by atoms with Crippen LogP contribution in [-0.4, -0.2) is 34.5 Å². The summed E-state index contributed by atoms with van der Waals surface area (Å²) in [5.41, 5.74) is 1.14. The lowest BCUT2D eigenvalue weighted by molar-refractivity contribution is -0.137. The molecular formula is C13H17O4P. The minimum Gasteiger partial charge on any atom is -0.481 e. The third kappa shape index (κ3) is 5.28. The molecule has 5 heteroatoms. The number of hydrogen-bond acceptors (Lipinski definition) is 2. The third-order valence-corrected chi connectivity index (χ3v) is 5.15.